The predicted octanol–water partition coefficient (Wildman–Crippen LogP) is 4.30. The molecule has 0 radical (unpaired) electrons. The zero-order chi connectivity index (χ0) is 16.7. The van der Waals surface area contributed by atoms with Crippen LogP contribution in [0.4, 0.5) is 0 Å². The second-order valence-electron chi connectivity index (χ2n) is 4.67. The first-order valence-corrected chi connectivity index (χ1v) is 7.84. The molecular weight excluding hydrogens is 335 g/mol. The zero-order valence-electron chi connectivity index (χ0n) is 12.6. The number of benzene rings is 2. The number of halogens is 2. The maximum atomic E-state index is 11.8. The quantitative estimate of drug-likeness (QED) is 0.623. The Kier molecular flexibility index (Phi) is 6.44. The van der Waals surface area contributed by atoms with Crippen molar-refractivity contribution in [1.29, 1.82) is 0 Å². The fourth-order valence-corrected chi connectivity index (χ4v) is 2.40. The Labute approximate surface area is 145 Å². The van der Waals surface area contributed by atoms with Gasteiger partial charge in [0.25, 0.3) is 5.91 Å². The summed E-state index contributed by atoms with van der Waals surface area (Å²) < 4.78 is 5.35. The van der Waals surface area contributed by atoms with Crippen LogP contribution in [0.25, 0.3) is 0 Å². The van der Waals surface area contributed by atoms with E-state index in [-0.39, 0.29) is 12.5 Å². The number of para-hydroxylation sites is 1. The highest BCUT2D eigenvalue weighted by molar-refractivity contribution is 6.37. The first kappa shape index (κ1) is 17.3. The van der Waals surface area contributed by atoms with Crippen LogP contribution in [0.15, 0.2) is 53.6 Å². The van der Waals surface area contributed by atoms with Gasteiger partial charge in [0.2, 0.25) is 0 Å². The molecule has 0 saturated heterocycles. The second kappa shape index (κ2) is 8.56. The molecule has 4 nitrogen and oxygen atoms in total. The maximum absolute atomic E-state index is 11.8. The number of rotatable bonds is 6. The molecule has 0 aliphatic rings. The summed E-state index contributed by atoms with van der Waals surface area (Å²) in [5.74, 6) is 0.285. The van der Waals surface area contributed by atoms with Crippen molar-refractivity contribution in [3.8, 4) is 5.75 Å². The van der Waals surface area contributed by atoms with E-state index in [1.54, 1.807) is 30.3 Å². The molecule has 0 aliphatic carbocycles. The largest absolute Gasteiger partial charge is 0.484 e. The van der Waals surface area contributed by atoms with Gasteiger partial charge in [-0.15, -0.1) is 0 Å². The lowest BCUT2D eigenvalue weighted by Gasteiger charge is -2.08. The van der Waals surface area contributed by atoms with Crippen LogP contribution in [-0.2, 0) is 4.79 Å². The van der Waals surface area contributed by atoms with Crippen molar-refractivity contribution in [2.75, 3.05) is 6.61 Å². The molecule has 0 saturated carbocycles. The highest BCUT2D eigenvalue weighted by atomic mass is 35.5. The molecule has 1 amide bonds. The minimum absolute atomic E-state index is 0.112. The van der Waals surface area contributed by atoms with Crippen molar-refractivity contribution in [1.82, 2.24) is 5.43 Å². The average Bonchev–Trinajstić information content (AvgIpc) is 2.56. The summed E-state index contributed by atoms with van der Waals surface area (Å²) in [6, 6.07) is 14.3. The first-order valence-electron chi connectivity index (χ1n) is 7.09. The highest BCUT2D eigenvalue weighted by Gasteiger charge is 2.08. The van der Waals surface area contributed by atoms with E-state index in [9.17, 15) is 4.79 Å². The van der Waals surface area contributed by atoms with Crippen molar-refractivity contribution in [3.63, 3.8) is 0 Å². The summed E-state index contributed by atoms with van der Waals surface area (Å²) in [6.07, 6.45) is 0.612. The van der Waals surface area contributed by atoms with Crippen molar-refractivity contribution >= 4 is 34.8 Å². The zero-order valence-corrected chi connectivity index (χ0v) is 14.1. The van der Waals surface area contributed by atoms with Crippen LogP contribution in [0.2, 0.25) is 10.0 Å². The third-order valence-corrected chi connectivity index (χ3v) is 3.55. The molecule has 120 valence electrons. The van der Waals surface area contributed by atoms with Gasteiger partial charge in [0.05, 0.1) is 10.7 Å². The van der Waals surface area contributed by atoms with Crippen LogP contribution >= 0.6 is 23.2 Å². The molecule has 0 atom stereocenters. The molecule has 23 heavy (non-hydrogen) atoms. The Morgan fingerprint density at radius 3 is 2.57 bits per heavy atom. The molecule has 0 aliphatic heterocycles. The molecule has 2 aromatic carbocycles. The van der Waals surface area contributed by atoms with Crippen LogP contribution in [0, 0.1) is 0 Å². The molecule has 2 rings (SSSR count). The van der Waals surface area contributed by atoms with Crippen LogP contribution in [0.3, 0.4) is 0 Å². The number of hydrazone groups is 1. The van der Waals surface area contributed by atoms with Gasteiger partial charge in [-0.05, 0) is 30.7 Å². The molecule has 0 fully saturated rings. The molecule has 1 N–H and O–H groups in total. The average molecular weight is 351 g/mol. The van der Waals surface area contributed by atoms with Crippen LogP contribution < -0.4 is 10.2 Å². The van der Waals surface area contributed by atoms with Crippen molar-refractivity contribution in [2.45, 2.75) is 13.3 Å². The minimum atomic E-state index is -0.343. The summed E-state index contributed by atoms with van der Waals surface area (Å²) >= 11 is 12.0. The molecular formula is C17H16Cl2N2O2. The Morgan fingerprint density at radius 2 is 1.91 bits per heavy atom. The third kappa shape index (κ3) is 5.27. The molecule has 0 aromatic heterocycles. The van der Waals surface area contributed by atoms with E-state index < -0.39 is 0 Å². The van der Waals surface area contributed by atoms with Crippen LogP contribution in [0.1, 0.15) is 18.9 Å². The number of carbonyl (C=O) groups excluding carboxylic acids is 1. The second-order valence-corrected chi connectivity index (χ2v) is 5.52. The molecule has 6 heteroatoms. The Morgan fingerprint density at radius 1 is 1.17 bits per heavy atom. The van der Waals surface area contributed by atoms with E-state index in [4.69, 9.17) is 27.9 Å². The predicted molar refractivity (Wildman–Crippen MR) is 93.4 cm³/mol. The lowest BCUT2D eigenvalue weighted by Crippen LogP contribution is -2.26. The fourth-order valence-electron chi connectivity index (χ4n) is 1.88. The number of ether oxygens (including phenoxy) is 1. The Balaban J connectivity index is 1.97. The van der Waals surface area contributed by atoms with Gasteiger partial charge in [0.15, 0.2) is 6.61 Å². The molecule has 0 heterocycles. The maximum Gasteiger partial charge on any atom is 0.277 e. The van der Waals surface area contributed by atoms with Gasteiger partial charge in [-0.2, -0.15) is 5.10 Å². The van der Waals surface area contributed by atoms with Gasteiger partial charge in [-0.25, -0.2) is 5.43 Å². The number of amides is 1. The third-order valence-electron chi connectivity index (χ3n) is 3.01. The lowest BCUT2D eigenvalue weighted by atomic mass is 10.1. The van der Waals surface area contributed by atoms with Gasteiger partial charge < -0.3 is 4.74 Å². The molecule has 2 aromatic rings. The van der Waals surface area contributed by atoms with Gasteiger partial charge in [0, 0.05) is 10.6 Å². The lowest BCUT2D eigenvalue weighted by molar-refractivity contribution is -0.123. The number of hydrogen-bond donors (Lipinski definition) is 1. The van der Waals surface area contributed by atoms with Crippen LogP contribution in [-0.4, -0.2) is 18.2 Å². The van der Waals surface area contributed by atoms with Gasteiger partial charge in [-0.3, -0.25) is 4.79 Å². The van der Waals surface area contributed by atoms with Crippen molar-refractivity contribution < 1.29 is 9.53 Å². The fraction of sp³-hybridized carbons (Fsp3) is 0.176. The van der Waals surface area contributed by atoms with Gasteiger partial charge in [0.1, 0.15) is 5.75 Å². The van der Waals surface area contributed by atoms with Crippen molar-refractivity contribution in [2.24, 2.45) is 5.10 Å². The number of nitrogens with zero attached hydrogens (tertiary/aromatic N) is 1. The number of carbonyl (C=O) groups is 1. The Bertz CT molecular complexity index is 703. The summed E-state index contributed by atoms with van der Waals surface area (Å²) in [5, 5.41) is 5.17. The minimum Gasteiger partial charge on any atom is -0.484 e. The molecule has 0 spiro atoms. The monoisotopic (exact) mass is 350 g/mol. The number of hydrogen-bond acceptors (Lipinski definition) is 3. The SMILES string of the molecule is CC/C(=N/NC(=O)COc1ccccc1)c1ccc(Cl)cc1Cl. The van der Waals surface area contributed by atoms with E-state index in [0.717, 1.165) is 5.56 Å². The topological polar surface area (TPSA) is 50.7 Å². The summed E-state index contributed by atoms with van der Waals surface area (Å²) in [6.45, 7) is 1.81. The Hall–Kier alpha value is -2.04. The summed E-state index contributed by atoms with van der Waals surface area (Å²) in [7, 11) is 0. The highest BCUT2D eigenvalue weighted by Crippen LogP contribution is 2.22. The number of nitrogens with one attached hydrogen (secondary N) is 1. The molecule has 0 unspecified atom stereocenters. The van der Waals surface area contributed by atoms with E-state index in [1.807, 2.05) is 25.1 Å². The van der Waals surface area contributed by atoms with E-state index in [0.29, 0.717) is 27.9 Å². The van der Waals surface area contributed by atoms with Crippen LogP contribution in [0.5, 0.6) is 5.75 Å². The van der Waals surface area contributed by atoms with E-state index >= 15 is 0 Å². The smallest absolute Gasteiger partial charge is 0.277 e. The first-order chi connectivity index (χ1) is 11.1. The van der Waals surface area contributed by atoms with E-state index in [2.05, 4.69) is 10.5 Å². The van der Waals surface area contributed by atoms with E-state index in [1.165, 1.54) is 0 Å². The standard InChI is InChI=1S/C17H16Cl2N2O2/c1-2-16(14-9-8-12(18)10-15(14)19)20-21-17(22)11-23-13-6-4-3-5-7-13/h3-10H,2,11H2,1H3,(H,21,22)/b20-16-. The van der Waals surface area contributed by atoms with Gasteiger partial charge in [-0.1, -0.05) is 54.4 Å². The van der Waals surface area contributed by atoms with Crippen molar-refractivity contribution in [3.05, 3.63) is 64.1 Å². The normalized spacial score (nSPS) is 11.2. The van der Waals surface area contributed by atoms with Gasteiger partial charge >= 0.3 is 0 Å². The summed E-state index contributed by atoms with van der Waals surface area (Å²) in [4.78, 5) is 11.8. The summed E-state index contributed by atoms with van der Waals surface area (Å²) in [5.41, 5.74) is 3.88. The molecule has 0 bridgehead atoms.